The van der Waals surface area contributed by atoms with Crippen LogP contribution in [-0.4, -0.2) is 19.9 Å². The Kier molecular flexibility index (Phi) is 3.68. The highest BCUT2D eigenvalue weighted by atomic mass is 19.1. The number of nitrogens with two attached hydrogens (primary N) is 1. The van der Waals surface area contributed by atoms with E-state index in [0.29, 0.717) is 11.7 Å². The van der Waals surface area contributed by atoms with E-state index in [2.05, 4.69) is 29.1 Å². The molecule has 0 amide bonds. The van der Waals surface area contributed by atoms with E-state index in [0.717, 1.165) is 36.2 Å². The van der Waals surface area contributed by atoms with Gasteiger partial charge in [-0.05, 0) is 49.4 Å². The Hall–Kier alpha value is -2.54. The van der Waals surface area contributed by atoms with Gasteiger partial charge in [0.15, 0.2) is 5.82 Å². The van der Waals surface area contributed by atoms with Crippen molar-refractivity contribution in [3.05, 3.63) is 47.8 Å². The van der Waals surface area contributed by atoms with Gasteiger partial charge < -0.3 is 10.3 Å². The zero-order valence-corrected chi connectivity index (χ0v) is 14.2. The van der Waals surface area contributed by atoms with Crippen molar-refractivity contribution in [2.24, 2.45) is 5.73 Å². The first-order valence-electron chi connectivity index (χ1n) is 8.45. The predicted molar refractivity (Wildman–Crippen MR) is 90.6 cm³/mol. The van der Waals surface area contributed by atoms with Gasteiger partial charge in [0, 0.05) is 0 Å². The van der Waals surface area contributed by atoms with Crippen LogP contribution in [0.1, 0.15) is 50.5 Å². The molecule has 1 aromatic carbocycles. The van der Waals surface area contributed by atoms with Gasteiger partial charge in [-0.25, -0.2) is 9.07 Å². The molecule has 0 spiro atoms. The molecule has 25 heavy (non-hydrogen) atoms. The van der Waals surface area contributed by atoms with Gasteiger partial charge in [0.05, 0.1) is 28.7 Å². The SMILES string of the molecule is CC(C)c1c(-c2nc(C3(N)CCC3)no2)cnn1-c1ccc(F)cc1. The number of hydrogen-bond donors (Lipinski definition) is 1. The van der Waals surface area contributed by atoms with E-state index in [4.69, 9.17) is 10.3 Å². The van der Waals surface area contributed by atoms with E-state index in [1.54, 1.807) is 23.0 Å². The molecule has 3 aromatic rings. The topological polar surface area (TPSA) is 82.8 Å². The summed E-state index contributed by atoms with van der Waals surface area (Å²) in [4.78, 5) is 4.52. The molecular formula is C18H20FN5O. The maximum atomic E-state index is 13.2. The van der Waals surface area contributed by atoms with Crippen molar-refractivity contribution in [3.8, 4) is 17.1 Å². The third-order valence-corrected chi connectivity index (χ3v) is 4.77. The van der Waals surface area contributed by atoms with Crippen LogP contribution in [0, 0.1) is 5.82 Å². The van der Waals surface area contributed by atoms with Gasteiger partial charge in [-0.15, -0.1) is 0 Å². The molecule has 7 heteroatoms. The Bertz CT molecular complexity index is 893. The molecule has 2 heterocycles. The van der Waals surface area contributed by atoms with E-state index in [1.807, 2.05) is 0 Å². The van der Waals surface area contributed by atoms with Crippen molar-refractivity contribution in [2.45, 2.75) is 44.6 Å². The zero-order valence-electron chi connectivity index (χ0n) is 14.2. The van der Waals surface area contributed by atoms with Crippen LogP contribution < -0.4 is 5.73 Å². The molecule has 4 rings (SSSR count). The molecule has 1 fully saturated rings. The second kappa shape index (κ2) is 5.77. The number of benzene rings is 1. The highest BCUT2D eigenvalue weighted by Crippen LogP contribution is 2.38. The van der Waals surface area contributed by atoms with Crippen LogP contribution in [0.4, 0.5) is 4.39 Å². The Morgan fingerprint density at radius 3 is 2.56 bits per heavy atom. The monoisotopic (exact) mass is 341 g/mol. The molecule has 0 saturated heterocycles. The van der Waals surface area contributed by atoms with Crippen molar-refractivity contribution < 1.29 is 8.91 Å². The summed E-state index contributed by atoms with van der Waals surface area (Å²) < 4.78 is 20.5. The lowest BCUT2D eigenvalue weighted by Gasteiger charge is -2.34. The maximum Gasteiger partial charge on any atom is 0.261 e. The van der Waals surface area contributed by atoms with Crippen LogP contribution in [0.3, 0.4) is 0 Å². The molecule has 0 atom stereocenters. The lowest BCUT2D eigenvalue weighted by atomic mass is 9.77. The fourth-order valence-corrected chi connectivity index (χ4v) is 3.18. The lowest BCUT2D eigenvalue weighted by Crippen LogP contribution is -2.44. The first-order valence-corrected chi connectivity index (χ1v) is 8.45. The molecular weight excluding hydrogens is 321 g/mol. The van der Waals surface area contributed by atoms with E-state index in [9.17, 15) is 4.39 Å². The fraction of sp³-hybridized carbons (Fsp3) is 0.389. The van der Waals surface area contributed by atoms with Gasteiger partial charge >= 0.3 is 0 Å². The summed E-state index contributed by atoms with van der Waals surface area (Å²) in [5.74, 6) is 0.854. The summed E-state index contributed by atoms with van der Waals surface area (Å²) in [5.41, 5.74) is 8.31. The van der Waals surface area contributed by atoms with Crippen molar-refractivity contribution in [1.82, 2.24) is 19.9 Å². The lowest BCUT2D eigenvalue weighted by molar-refractivity contribution is 0.229. The molecule has 1 aliphatic carbocycles. The van der Waals surface area contributed by atoms with Crippen molar-refractivity contribution in [3.63, 3.8) is 0 Å². The Morgan fingerprint density at radius 2 is 1.96 bits per heavy atom. The molecule has 1 saturated carbocycles. The molecule has 2 aromatic heterocycles. The summed E-state index contributed by atoms with van der Waals surface area (Å²) in [6, 6.07) is 6.22. The molecule has 0 bridgehead atoms. The standard InChI is InChI=1S/C18H20FN5O/c1-11(2)15-14(10-21-24(15)13-6-4-12(19)5-7-13)16-22-17(23-25-16)18(20)8-3-9-18/h4-7,10-11H,3,8-9,20H2,1-2H3. The number of nitrogens with zero attached hydrogens (tertiary/aromatic N) is 4. The predicted octanol–water partition coefficient (Wildman–Crippen LogP) is 3.52. The summed E-state index contributed by atoms with van der Waals surface area (Å²) in [5, 5.41) is 8.54. The maximum absolute atomic E-state index is 13.2. The number of aromatic nitrogens is 4. The third-order valence-electron chi connectivity index (χ3n) is 4.77. The second-order valence-electron chi connectivity index (χ2n) is 6.92. The third kappa shape index (κ3) is 2.64. The Morgan fingerprint density at radius 1 is 1.24 bits per heavy atom. The van der Waals surface area contributed by atoms with Crippen molar-refractivity contribution in [2.75, 3.05) is 0 Å². The molecule has 130 valence electrons. The minimum absolute atomic E-state index is 0.161. The summed E-state index contributed by atoms with van der Waals surface area (Å²) in [6.07, 6.45) is 4.54. The van der Waals surface area contributed by atoms with Crippen molar-refractivity contribution in [1.29, 1.82) is 0 Å². The normalized spacial score (nSPS) is 16.2. The highest BCUT2D eigenvalue weighted by Gasteiger charge is 2.39. The zero-order chi connectivity index (χ0) is 17.6. The first kappa shape index (κ1) is 16.0. The van der Waals surface area contributed by atoms with Gasteiger partial charge in [-0.1, -0.05) is 19.0 Å². The van der Waals surface area contributed by atoms with Crippen LogP contribution in [0.2, 0.25) is 0 Å². The molecule has 0 radical (unpaired) electrons. The largest absolute Gasteiger partial charge is 0.334 e. The molecule has 6 nitrogen and oxygen atoms in total. The average molecular weight is 341 g/mol. The summed E-state index contributed by atoms with van der Waals surface area (Å²) in [6.45, 7) is 4.13. The van der Waals surface area contributed by atoms with Crippen LogP contribution in [-0.2, 0) is 5.54 Å². The minimum Gasteiger partial charge on any atom is -0.334 e. The molecule has 0 aliphatic heterocycles. The van der Waals surface area contributed by atoms with Gasteiger partial charge in [0.2, 0.25) is 0 Å². The van der Waals surface area contributed by atoms with E-state index in [-0.39, 0.29) is 11.7 Å². The van der Waals surface area contributed by atoms with Gasteiger partial charge in [-0.3, -0.25) is 0 Å². The van der Waals surface area contributed by atoms with Gasteiger partial charge in [0.1, 0.15) is 5.82 Å². The molecule has 2 N–H and O–H groups in total. The minimum atomic E-state index is -0.466. The Balaban J connectivity index is 1.77. The smallest absolute Gasteiger partial charge is 0.261 e. The van der Waals surface area contributed by atoms with Gasteiger partial charge in [-0.2, -0.15) is 10.1 Å². The van der Waals surface area contributed by atoms with Crippen LogP contribution in [0.5, 0.6) is 0 Å². The number of halogens is 1. The summed E-state index contributed by atoms with van der Waals surface area (Å²) >= 11 is 0. The number of rotatable bonds is 4. The highest BCUT2D eigenvalue weighted by molar-refractivity contribution is 5.58. The van der Waals surface area contributed by atoms with Crippen LogP contribution in [0.15, 0.2) is 35.0 Å². The molecule has 1 aliphatic rings. The van der Waals surface area contributed by atoms with Crippen molar-refractivity contribution >= 4 is 0 Å². The quantitative estimate of drug-likeness (QED) is 0.785. The number of hydrogen-bond acceptors (Lipinski definition) is 5. The second-order valence-corrected chi connectivity index (χ2v) is 6.92. The van der Waals surface area contributed by atoms with E-state index >= 15 is 0 Å². The van der Waals surface area contributed by atoms with Crippen LogP contribution >= 0.6 is 0 Å². The summed E-state index contributed by atoms with van der Waals surface area (Å²) in [7, 11) is 0. The Labute approximate surface area is 144 Å². The average Bonchev–Trinajstić information content (AvgIpc) is 3.20. The van der Waals surface area contributed by atoms with E-state index < -0.39 is 5.54 Å². The van der Waals surface area contributed by atoms with Gasteiger partial charge in [0.25, 0.3) is 5.89 Å². The molecule has 0 unspecified atom stereocenters. The van der Waals surface area contributed by atoms with E-state index in [1.165, 1.54) is 12.1 Å². The fourth-order valence-electron chi connectivity index (χ4n) is 3.18. The first-order chi connectivity index (χ1) is 12.0. The van der Waals surface area contributed by atoms with Crippen LogP contribution in [0.25, 0.3) is 17.1 Å².